The maximum atomic E-state index is 12.5. The zero-order valence-electron chi connectivity index (χ0n) is 9.41. The van der Waals surface area contributed by atoms with Crippen LogP contribution in [0.25, 0.3) is 0 Å². The normalized spacial score (nSPS) is 19.7. The second-order valence-electron chi connectivity index (χ2n) is 4.59. The van der Waals surface area contributed by atoms with Crippen molar-refractivity contribution in [3.63, 3.8) is 0 Å². The Balaban J connectivity index is 2.22. The van der Waals surface area contributed by atoms with Crippen LogP contribution < -0.4 is 5.73 Å². The number of hydrogen-bond donors (Lipinski definition) is 2. The smallest absolute Gasteiger partial charge is 0.391 e. The van der Waals surface area contributed by atoms with Crippen molar-refractivity contribution in [2.24, 2.45) is 11.7 Å². The molecule has 2 nitrogen and oxygen atoms in total. The molecule has 1 fully saturated rings. The second kappa shape index (κ2) is 4.72. The van der Waals surface area contributed by atoms with E-state index in [-0.39, 0.29) is 5.92 Å². The maximum absolute atomic E-state index is 12.5. The molecular formula is C12H13ClF3NO. The first-order valence-corrected chi connectivity index (χ1v) is 5.99. The quantitative estimate of drug-likeness (QED) is 0.893. The van der Waals surface area contributed by atoms with Crippen LogP contribution in [0.2, 0.25) is 5.02 Å². The van der Waals surface area contributed by atoms with Crippen molar-refractivity contribution in [2.75, 3.05) is 0 Å². The van der Waals surface area contributed by atoms with Gasteiger partial charge in [-0.3, -0.25) is 0 Å². The number of hydrogen-bond acceptors (Lipinski definition) is 2. The number of rotatable bonds is 3. The van der Waals surface area contributed by atoms with Crippen LogP contribution >= 0.6 is 11.6 Å². The first kappa shape index (κ1) is 13.6. The predicted molar refractivity (Wildman–Crippen MR) is 62.1 cm³/mol. The number of aliphatic hydroxyl groups is 1. The highest BCUT2D eigenvalue weighted by Gasteiger charge is 2.36. The Kier molecular flexibility index (Phi) is 3.58. The molecule has 1 saturated carbocycles. The Morgan fingerprint density at radius 2 is 1.94 bits per heavy atom. The van der Waals surface area contributed by atoms with E-state index in [0.717, 1.165) is 18.9 Å². The Hall–Kier alpha value is -0.780. The zero-order chi connectivity index (χ0) is 13.5. The fourth-order valence-corrected chi connectivity index (χ4v) is 2.19. The molecule has 18 heavy (non-hydrogen) atoms. The summed E-state index contributed by atoms with van der Waals surface area (Å²) in [6.45, 7) is 0. The van der Waals surface area contributed by atoms with E-state index < -0.39 is 28.9 Å². The molecule has 100 valence electrons. The van der Waals surface area contributed by atoms with Gasteiger partial charge in [0.2, 0.25) is 0 Å². The average molecular weight is 280 g/mol. The van der Waals surface area contributed by atoms with Crippen molar-refractivity contribution in [1.29, 1.82) is 0 Å². The van der Waals surface area contributed by atoms with E-state index >= 15 is 0 Å². The molecular weight excluding hydrogens is 267 g/mol. The Morgan fingerprint density at radius 3 is 2.39 bits per heavy atom. The van der Waals surface area contributed by atoms with Gasteiger partial charge in [0.1, 0.15) is 0 Å². The zero-order valence-corrected chi connectivity index (χ0v) is 10.2. The van der Waals surface area contributed by atoms with Crippen LogP contribution in [-0.4, -0.2) is 11.2 Å². The van der Waals surface area contributed by atoms with Gasteiger partial charge in [-0.2, -0.15) is 13.2 Å². The predicted octanol–water partition coefficient (Wildman–Crippen LogP) is 3.13. The van der Waals surface area contributed by atoms with Crippen LogP contribution in [0.5, 0.6) is 0 Å². The fourth-order valence-electron chi connectivity index (χ4n) is 1.90. The minimum absolute atomic E-state index is 0.154. The SMILES string of the molecule is N[C@H](c1ccc(C(F)(F)F)c(Cl)c1)[C@@H](O)C1CC1. The molecule has 2 atom stereocenters. The summed E-state index contributed by atoms with van der Waals surface area (Å²) in [6, 6.07) is 2.65. The number of halogens is 4. The summed E-state index contributed by atoms with van der Waals surface area (Å²) in [7, 11) is 0. The summed E-state index contributed by atoms with van der Waals surface area (Å²) in [4.78, 5) is 0. The summed E-state index contributed by atoms with van der Waals surface area (Å²) in [6.07, 6.45) is -3.39. The molecule has 1 aromatic rings. The van der Waals surface area contributed by atoms with Crippen molar-refractivity contribution in [1.82, 2.24) is 0 Å². The van der Waals surface area contributed by atoms with Crippen LogP contribution in [0.15, 0.2) is 18.2 Å². The lowest BCUT2D eigenvalue weighted by Crippen LogP contribution is -2.28. The average Bonchev–Trinajstić information content (AvgIpc) is 3.09. The number of benzene rings is 1. The summed E-state index contributed by atoms with van der Waals surface area (Å²) >= 11 is 5.60. The van der Waals surface area contributed by atoms with Crippen molar-refractivity contribution < 1.29 is 18.3 Å². The highest BCUT2D eigenvalue weighted by atomic mass is 35.5. The Labute approximate surface area is 108 Å². The van der Waals surface area contributed by atoms with E-state index in [4.69, 9.17) is 17.3 Å². The molecule has 3 N–H and O–H groups in total. The summed E-state index contributed by atoms with van der Waals surface area (Å²) in [5.41, 5.74) is 5.35. The second-order valence-corrected chi connectivity index (χ2v) is 5.00. The standard InChI is InChI=1S/C12H13ClF3NO/c13-9-5-7(3-4-8(9)12(14,15)16)10(17)11(18)6-1-2-6/h3-6,10-11,18H,1-2,17H2/t10-,11+/m1/s1. The summed E-state index contributed by atoms with van der Waals surface area (Å²) < 4.78 is 37.5. The molecule has 6 heteroatoms. The third kappa shape index (κ3) is 2.79. The van der Waals surface area contributed by atoms with Crippen LogP contribution in [0, 0.1) is 5.92 Å². The molecule has 1 aromatic carbocycles. The van der Waals surface area contributed by atoms with Crippen molar-refractivity contribution in [2.45, 2.75) is 31.2 Å². The van der Waals surface area contributed by atoms with Gasteiger partial charge < -0.3 is 10.8 Å². The van der Waals surface area contributed by atoms with Crippen LogP contribution in [0.3, 0.4) is 0 Å². The molecule has 2 rings (SSSR count). The summed E-state index contributed by atoms with van der Waals surface area (Å²) in [5.74, 6) is 0.154. The van der Waals surface area contributed by atoms with E-state index in [2.05, 4.69) is 0 Å². The molecule has 0 aliphatic heterocycles. The van der Waals surface area contributed by atoms with Gasteiger partial charge in [-0.15, -0.1) is 0 Å². The first-order chi connectivity index (χ1) is 8.30. The van der Waals surface area contributed by atoms with Crippen molar-refractivity contribution in [3.05, 3.63) is 34.3 Å². The number of nitrogens with two attached hydrogens (primary N) is 1. The molecule has 0 unspecified atom stereocenters. The van der Waals surface area contributed by atoms with Crippen molar-refractivity contribution in [3.8, 4) is 0 Å². The van der Waals surface area contributed by atoms with Crippen LogP contribution in [-0.2, 0) is 6.18 Å². The van der Waals surface area contributed by atoms with Crippen molar-refractivity contribution >= 4 is 11.6 Å². The van der Waals surface area contributed by atoms with E-state index in [0.29, 0.717) is 5.56 Å². The van der Waals surface area contributed by atoms with E-state index in [1.54, 1.807) is 0 Å². The minimum Gasteiger partial charge on any atom is -0.391 e. The van der Waals surface area contributed by atoms with Gasteiger partial charge in [-0.25, -0.2) is 0 Å². The van der Waals surface area contributed by atoms with Gasteiger partial charge in [0.05, 0.1) is 22.7 Å². The van der Waals surface area contributed by atoms with Gasteiger partial charge >= 0.3 is 6.18 Å². The molecule has 0 aromatic heterocycles. The van der Waals surface area contributed by atoms with Gasteiger partial charge in [0.15, 0.2) is 0 Å². The molecule has 1 aliphatic carbocycles. The van der Waals surface area contributed by atoms with E-state index in [9.17, 15) is 18.3 Å². The lowest BCUT2D eigenvalue weighted by Gasteiger charge is -2.20. The molecule has 0 bridgehead atoms. The molecule has 0 radical (unpaired) electrons. The van der Waals surface area contributed by atoms with Gasteiger partial charge in [-0.05, 0) is 36.5 Å². The highest BCUT2D eigenvalue weighted by Crippen LogP contribution is 2.39. The number of alkyl halides is 3. The van der Waals surface area contributed by atoms with E-state index in [1.807, 2.05) is 0 Å². The molecule has 0 amide bonds. The topological polar surface area (TPSA) is 46.2 Å². The largest absolute Gasteiger partial charge is 0.417 e. The highest BCUT2D eigenvalue weighted by molar-refractivity contribution is 6.31. The van der Waals surface area contributed by atoms with Gasteiger partial charge in [0.25, 0.3) is 0 Å². The molecule has 0 spiro atoms. The van der Waals surface area contributed by atoms with E-state index in [1.165, 1.54) is 12.1 Å². The number of aliphatic hydroxyl groups excluding tert-OH is 1. The van der Waals surface area contributed by atoms with Crippen LogP contribution in [0.1, 0.15) is 30.0 Å². The third-order valence-corrected chi connectivity index (χ3v) is 3.47. The van der Waals surface area contributed by atoms with Crippen LogP contribution in [0.4, 0.5) is 13.2 Å². The molecule has 0 saturated heterocycles. The maximum Gasteiger partial charge on any atom is 0.417 e. The van der Waals surface area contributed by atoms with Gasteiger partial charge in [-0.1, -0.05) is 17.7 Å². The molecule has 0 heterocycles. The van der Waals surface area contributed by atoms with Gasteiger partial charge in [0, 0.05) is 0 Å². The minimum atomic E-state index is -4.48. The molecule has 1 aliphatic rings. The monoisotopic (exact) mass is 279 g/mol. The summed E-state index contributed by atoms with van der Waals surface area (Å²) in [5, 5.41) is 9.45. The lowest BCUT2D eigenvalue weighted by atomic mass is 9.98. The fraction of sp³-hybridized carbons (Fsp3) is 0.500. The Bertz CT molecular complexity index is 445. The first-order valence-electron chi connectivity index (χ1n) is 5.61. The Morgan fingerprint density at radius 1 is 1.33 bits per heavy atom. The lowest BCUT2D eigenvalue weighted by molar-refractivity contribution is -0.137. The third-order valence-electron chi connectivity index (χ3n) is 3.16.